The van der Waals surface area contributed by atoms with Gasteiger partial charge in [0.15, 0.2) is 0 Å². The van der Waals surface area contributed by atoms with Gasteiger partial charge in [-0.05, 0) is 24.5 Å². The van der Waals surface area contributed by atoms with Crippen LogP contribution in [0.15, 0.2) is 18.2 Å². The maximum absolute atomic E-state index is 11.2. The molecule has 0 unspecified atom stereocenters. The third-order valence-corrected chi connectivity index (χ3v) is 2.75. The number of carbonyl (C=O) groups is 2. The second kappa shape index (κ2) is 6.63. The molecule has 0 fully saturated rings. The maximum atomic E-state index is 11.2. The molecule has 0 spiro atoms. The van der Waals surface area contributed by atoms with Gasteiger partial charge in [0.1, 0.15) is 0 Å². The first-order chi connectivity index (χ1) is 8.95. The van der Waals surface area contributed by atoms with Crippen LogP contribution in [0.2, 0.25) is 0 Å². The summed E-state index contributed by atoms with van der Waals surface area (Å²) in [6.45, 7) is 2.03. The van der Waals surface area contributed by atoms with Gasteiger partial charge in [-0.15, -0.1) is 0 Å². The topological polar surface area (TPSA) is 97.5 Å². The fourth-order valence-electron chi connectivity index (χ4n) is 1.74. The summed E-state index contributed by atoms with van der Waals surface area (Å²) in [5.74, 6) is -2.62. The summed E-state index contributed by atoms with van der Waals surface area (Å²) in [7, 11) is 0. The van der Waals surface area contributed by atoms with Crippen LogP contribution in [0.3, 0.4) is 0 Å². The number of nitro groups is 1. The molecular formula is C13H15NO5. The van der Waals surface area contributed by atoms with E-state index >= 15 is 0 Å². The minimum absolute atomic E-state index is 0.158. The Bertz CT molecular complexity index is 510. The van der Waals surface area contributed by atoms with Crippen molar-refractivity contribution in [1.82, 2.24) is 0 Å². The number of rotatable bonds is 7. The molecule has 0 saturated heterocycles. The molecule has 1 N–H and O–H groups in total. The van der Waals surface area contributed by atoms with E-state index in [1.807, 2.05) is 6.92 Å². The zero-order valence-corrected chi connectivity index (χ0v) is 10.6. The number of hydrogen-bond acceptors (Lipinski definition) is 4. The lowest BCUT2D eigenvalue weighted by Gasteiger charge is -2.05. The molecular weight excluding hydrogens is 250 g/mol. The number of carboxylic acid groups (broad SMARTS) is 1. The zero-order valence-electron chi connectivity index (χ0n) is 10.6. The largest absolute Gasteiger partial charge is 0.475 e. The van der Waals surface area contributed by atoms with Gasteiger partial charge in [-0.1, -0.05) is 19.4 Å². The van der Waals surface area contributed by atoms with E-state index in [2.05, 4.69) is 0 Å². The molecule has 0 saturated carbocycles. The lowest BCUT2D eigenvalue weighted by molar-refractivity contribution is -0.385. The van der Waals surface area contributed by atoms with E-state index in [0.29, 0.717) is 0 Å². The third-order valence-electron chi connectivity index (χ3n) is 2.75. The van der Waals surface area contributed by atoms with Crippen molar-refractivity contribution < 1.29 is 19.6 Å². The molecule has 0 heterocycles. The Kier molecular flexibility index (Phi) is 5.17. The van der Waals surface area contributed by atoms with Gasteiger partial charge in [-0.25, -0.2) is 4.79 Å². The number of carbonyl (C=O) groups excluding carboxylic acids is 1. The van der Waals surface area contributed by atoms with E-state index < -0.39 is 23.1 Å². The first-order valence-corrected chi connectivity index (χ1v) is 5.98. The van der Waals surface area contributed by atoms with Gasteiger partial charge >= 0.3 is 5.97 Å². The Labute approximate surface area is 110 Å². The number of Topliss-reactive ketones (excluding diaryl/α,β-unsaturated/α-hetero) is 1. The first-order valence-electron chi connectivity index (χ1n) is 5.98. The van der Waals surface area contributed by atoms with Crippen LogP contribution in [0.5, 0.6) is 0 Å². The highest BCUT2D eigenvalue weighted by atomic mass is 16.6. The quantitative estimate of drug-likeness (QED) is 0.462. The summed E-state index contributed by atoms with van der Waals surface area (Å²) < 4.78 is 0. The van der Waals surface area contributed by atoms with E-state index in [4.69, 9.17) is 5.11 Å². The summed E-state index contributed by atoms with van der Waals surface area (Å²) in [6.07, 6.45) is 2.22. The van der Waals surface area contributed by atoms with Gasteiger partial charge in [0.2, 0.25) is 5.78 Å². The number of aliphatic carboxylic acids is 1. The third kappa shape index (κ3) is 4.17. The minimum atomic E-state index is -1.58. The second-order valence-corrected chi connectivity index (χ2v) is 4.23. The molecule has 0 atom stereocenters. The molecule has 0 bridgehead atoms. The number of carboxylic acids is 1. The standard InChI is InChI=1S/C13H15NO5/c1-2-3-4-9-5-6-11(14(18)19)10(7-9)8-12(15)13(16)17/h5-7H,2-4,8H2,1H3,(H,16,17). The van der Waals surface area contributed by atoms with Crippen molar-refractivity contribution >= 4 is 17.4 Å². The molecule has 1 aromatic rings. The van der Waals surface area contributed by atoms with Crippen molar-refractivity contribution in [1.29, 1.82) is 0 Å². The first kappa shape index (κ1) is 14.8. The number of hydrogen-bond donors (Lipinski definition) is 1. The van der Waals surface area contributed by atoms with Crippen molar-refractivity contribution in [3.63, 3.8) is 0 Å². The molecule has 6 nitrogen and oxygen atoms in total. The van der Waals surface area contributed by atoms with Crippen LogP contribution in [0.1, 0.15) is 30.9 Å². The minimum Gasteiger partial charge on any atom is -0.475 e. The summed E-state index contributed by atoms with van der Waals surface area (Å²) >= 11 is 0. The molecule has 0 aliphatic carbocycles. The molecule has 1 rings (SSSR count). The summed E-state index contributed by atoms with van der Waals surface area (Å²) in [4.78, 5) is 32.0. The van der Waals surface area contributed by atoms with Gasteiger partial charge in [-0.3, -0.25) is 14.9 Å². The van der Waals surface area contributed by atoms with Crippen LogP contribution in [0.25, 0.3) is 0 Å². The fraction of sp³-hybridized carbons (Fsp3) is 0.385. The van der Waals surface area contributed by atoms with E-state index in [1.54, 1.807) is 12.1 Å². The highest BCUT2D eigenvalue weighted by molar-refractivity contribution is 6.33. The highest BCUT2D eigenvalue weighted by Gasteiger charge is 2.20. The van der Waals surface area contributed by atoms with Crippen molar-refractivity contribution in [2.75, 3.05) is 0 Å². The highest BCUT2D eigenvalue weighted by Crippen LogP contribution is 2.22. The Morgan fingerprint density at radius 1 is 1.37 bits per heavy atom. The molecule has 0 aliphatic heterocycles. The molecule has 0 radical (unpaired) electrons. The van der Waals surface area contributed by atoms with Gasteiger partial charge in [0.25, 0.3) is 5.69 Å². The van der Waals surface area contributed by atoms with Gasteiger partial charge in [-0.2, -0.15) is 0 Å². The van der Waals surface area contributed by atoms with Crippen LogP contribution in [0, 0.1) is 10.1 Å². The number of nitrogens with zero attached hydrogens (tertiary/aromatic N) is 1. The van der Waals surface area contributed by atoms with Crippen molar-refractivity contribution in [3.8, 4) is 0 Å². The van der Waals surface area contributed by atoms with Crippen LogP contribution in [-0.4, -0.2) is 21.8 Å². The van der Waals surface area contributed by atoms with Crippen molar-refractivity contribution in [2.45, 2.75) is 32.6 Å². The lowest BCUT2D eigenvalue weighted by atomic mass is 10.0. The van der Waals surface area contributed by atoms with Crippen LogP contribution in [-0.2, 0) is 22.4 Å². The smallest absolute Gasteiger partial charge is 0.372 e. The van der Waals surface area contributed by atoms with Crippen LogP contribution >= 0.6 is 0 Å². The predicted molar refractivity (Wildman–Crippen MR) is 68.1 cm³/mol. The Hall–Kier alpha value is -2.24. The van der Waals surface area contributed by atoms with E-state index in [1.165, 1.54) is 6.07 Å². The molecule has 0 aromatic heterocycles. The monoisotopic (exact) mass is 265 g/mol. The average Bonchev–Trinajstić information content (AvgIpc) is 2.36. The van der Waals surface area contributed by atoms with Crippen molar-refractivity contribution in [3.05, 3.63) is 39.4 Å². The zero-order chi connectivity index (χ0) is 14.4. The average molecular weight is 265 g/mol. The summed E-state index contributed by atoms with van der Waals surface area (Å²) in [5.41, 5.74) is 0.821. The molecule has 102 valence electrons. The summed E-state index contributed by atoms with van der Waals surface area (Å²) in [5, 5.41) is 19.4. The van der Waals surface area contributed by atoms with E-state index in [-0.39, 0.29) is 11.3 Å². The molecule has 0 amide bonds. The maximum Gasteiger partial charge on any atom is 0.372 e. The van der Waals surface area contributed by atoms with E-state index in [0.717, 1.165) is 24.8 Å². The van der Waals surface area contributed by atoms with Crippen LogP contribution < -0.4 is 0 Å². The lowest BCUT2D eigenvalue weighted by Crippen LogP contribution is -2.16. The number of benzene rings is 1. The normalized spacial score (nSPS) is 10.2. The number of unbranched alkanes of at least 4 members (excludes halogenated alkanes) is 1. The van der Waals surface area contributed by atoms with Gasteiger partial charge < -0.3 is 5.11 Å². The Morgan fingerprint density at radius 2 is 2.05 bits per heavy atom. The summed E-state index contributed by atoms with van der Waals surface area (Å²) in [6, 6.07) is 4.52. The van der Waals surface area contributed by atoms with Gasteiger partial charge in [0.05, 0.1) is 4.92 Å². The van der Waals surface area contributed by atoms with E-state index in [9.17, 15) is 19.7 Å². The van der Waals surface area contributed by atoms with Gasteiger partial charge in [0, 0.05) is 18.1 Å². The second-order valence-electron chi connectivity index (χ2n) is 4.23. The molecule has 0 aliphatic rings. The van der Waals surface area contributed by atoms with Crippen LogP contribution in [0.4, 0.5) is 5.69 Å². The number of ketones is 1. The number of nitro benzene ring substituents is 1. The van der Waals surface area contributed by atoms with Crippen molar-refractivity contribution in [2.24, 2.45) is 0 Å². The molecule has 1 aromatic carbocycles. The Morgan fingerprint density at radius 3 is 2.58 bits per heavy atom. The predicted octanol–water partition coefficient (Wildman–Crippen LogP) is 2.13. The molecule has 19 heavy (non-hydrogen) atoms. The molecule has 6 heteroatoms. The number of aryl methyl sites for hydroxylation is 1. The SMILES string of the molecule is CCCCc1ccc([N+](=O)[O-])c(CC(=O)C(=O)O)c1. The fourth-order valence-corrected chi connectivity index (χ4v) is 1.74. The Balaban J connectivity index is 3.04.